The highest BCUT2D eigenvalue weighted by Crippen LogP contribution is 2.37. The Morgan fingerprint density at radius 2 is 1.87 bits per heavy atom. The highest BCUT2D eigenvalue weighted by atomic mass is 32.2. The molecule has 0 N–H and O–H groups in total. The topological polar surface area (TPSA) is 63.4 Å². The summed E-state index contributed by atoms with van der Waals surface area (Å²) >= 11 is 6.70. The number of nitrogens with zero attached hydrogens (tertiary/aromatic N) is 2. The third-order valence-corrected chi connectivity index (χ3v) is 5.50. The van der Waals surface area contributed by atoms with E-state index in [1.54, 1.807) is 23.1 Å². The fourth-order valence-electron chi connectivity index (χ4n) is 2.98. The van der Waals surface area contributed by atoms with Gasteiger partial charge < -0.3 is 0 Å². The molecule has 1 aromatic carbocycles. The molecule has 0 aromatic heterocycles. The van der Waals surface area contributed by atoms with Crippen LogP contribution < -0.4 is 0 Å². The van der Waals surface area contributed by atoms with Crippen LogP contribution in [-0.2, 0) is 4.79 Å². The molecule has 2 aliphatic rings. The molecule has 0 atom stereocenters. The van der Waals surface area contributed by atoms with Gasteiger partial charge in [0.05, 0.1) is 9.83 Å². The second-order valence-electron chi connectivity index (χ2n) is 5.69. The minimum Gasteiger partial charge on any atom is -0.290 e. The van der Waals surface area contributed by atoms with Crippen LogP contribution in [-0.4, -0.2) is 26.1 Å². The summed E-state index contributed by atoms with van der Waals surface area (Å²) in [5.41, 5.74) is 0.802. The van der Waals surface area contributed by atoms with Crippen LogP contribution in [0.15, 0.2) is 29.2 Å². The first kappa shape index (κ1) is 16.1. The number of benzene rings is 1. The van der Waals surface area contributed by atoms with E-state index in [2.05, 4.69) is 0 Å². The molecule has 1 saturated carbocycles. The third kappa shape index (κ3) is 3.45. The van der Waals surface area contributed by atoms with Crippen molar-refractivity contribution in [2.24, 2.45) is 0 Å². The zero-order valence-corrected chi connectivity index (χ0v) is 14.1. The van der Waals surface area contributed by atoms with E-state index in [1.807, 2.05) is 0 Å². The molecule has 120 valence electrons. The lowest BCUT2D eigenvalue weighted by Gasteiger charge is -2.29. The average molecular weight is 348 g/mol. The van der Waals surface area contributed by atoms with Crippen molar-refractivity contribution in [2.45, 2.75) is 38.1 Å². The molecule has 1 aliphatic heterocycles. The first-order valence-corrected chi connectivity index (χ1v) is 8.80. The first-order chi connectivity index (χ1) is 11.1. The predicted octanol–water partition coefficient (Wildman–Crippen LogP) is 4.13. The lowest BCUT2D eigenvalue weighted by molar-refractivity contribution is -0.384. The quantitative estimate of drug-likeness (QED) is 0.356. The van der Waals surface area contributed by atoms with Crippen molar-refractivity contribution in [1.82, 2.24) is 4.90 Å². The Morgan fingerprint density at radius 1 is 1.22 bits per heavy atom. The van der Waals surface area contributed by atoms with Gasteiger partial charge in [-0.3, -0.25) is 19.8 Å². The van der Waals surface area contributed by atoms with E-state index in [0.717, 1.165) is 31.2 Å². The molecule has 1 heterocycles. The predicted molar refractivity (Wildman–Crippen MR) is 95.0 cm³/mol. The van der Waals surface area contributed by atoms with Crippen LogP contribution in [0.4, 0.5) is 5.69 Å². The van der Waals surface area contributed by atoms with Crippen LogP contribution in [0.5, 0.6) is 0 Å². The standard InChI is InChI=1S/C16H16N2O3S2/c19-15-14(10-11-6-8-13(9-7-11)18(20)21)23-16(22)17(15)12-4-2-1-3-5-12/h6-10,12H,1-5H2/b14-10-. The smallest absolute Gasteiger partial charge is 0.269 e. The van der Waals surface area contributed by atoms with Crippen LogP contribution in [0.3, 0.4) is 0 Å². The fourth-order valence-corrected chi connectivity index (χ4v) is 4.38. The summed E-state index contributed by atoms with van der Waals surface area (Å²) in [6, 6.07) is 6.39. The SMILES string of the molecule is O=C1/C(=C/c2ccc([N+](=O)[O-])cc2)SC(=S)N1C1CCCCC1. The molecule has 1 amide bonds. The van der Waals surface area contributed by atoms with E-state index in [1.165, 1.54) is 30.3 Å². The summed E-state index contributed by atoms with van der Waals surface area (Å²) in [5, 5.41) is 10.7. The Kier molecular flexibility index (Phi) is 4.77. The summed E-state index contributed by atoms with van der Waals surface area (Å²) < 4.78 is 0.620. The number of amides is 1. The van der Waals surface area contributed by atoms with Crippen LogP contribution in [0.2, 0.25) is 0 Å². The second-order valence-corrected chi connectivity index (χ2v) is 7.37. The van der Waals surface area contributed by atoms with Crippen LogP contribution >= 0.6 is 24.0 Å². The Hall–Kier alpha value is -1.73. The van der Waals surface area contributed by atoms with Gasteiger partial charge >= 0.3 is 0 Å². The number of hydrogen-bond acceptors (Lipinski definition) is 5. The maximum Gasteiger partial charge on any atom is 0.269 e. The van der Waals surface area contributed by atoms with Crippen molar-refractivity contribution in [2.75, 3.05) is 0 Å². The number of nitro benzene ring substituents is 1. The number of non-ortho nitro benzene ring substituents is 1. The minimum absolute atomic E-state index is 0.0368. The number of carbonyl (C=O) groups excluding carboxylic acids is 1. The lowest BCUT2D eigenvalue weighted by atomic mass is 9.94. The van der Waals surface area contributed by atoms with Crippen molar-refractivity contribution in [3.05, 3.63) is 44.8 Å². The van der Waals surface area contributed by atoms with Gasteiger partial charge in [-0.25, -0.2) is 0 Å². The van der Waals surface area contributed by atoms with Gasteiger partial charge in [0, 0.05) is 18.2 Å². The molecule has 0 unspecified atom stereocenters. The normalized spacial score (nSPS) is 21.2. The van der Waals surface area contributed by atoms with E-state index < -0.39 is 4.92 Å². The minimum atomic E-state index is -0.438. The molecule has 7 heteroatoms. The van der Waals surface area contributed by atoms with Gasteiger partial charge in [0.15, 0.2) is 0 Å². The highest BCUT2D eigenvalue weighted by Gasteiger charge is 2.37. The molecular weight excluding hydrogens is 332 g/mol. The number of hydrogen-bond donors (Lipinski definition) is 0. The van der Waals surface area contributed by atoms with Crippen LogP contribution in [0.1, 0.15) is 37.7 Å². The summed E-state index contributed by atoms with van der Waals surface area (Å²) in [7, 11) is 0. The Balaban J connectivity index is 1.79. The fraction of sp³-hybridized carbons (Fsp3) is 0.375. The van der Waals surface area contributed by atoms with Crippen molar-refractivity contribution in [1.29, 1.82) is 0 Å². The molecule has 1 saturated heterocycles. The number of thiocarbonyl (C=S) groups is 1. The summed E-state index contributed by atoms with van der Waals surface area (Å²) in [4.78, 5) is 25.2. The van der Waals surface area contributed by atoms with E-state index >= 15 is 0 Å². The average Bonchev–Trinajstić information content (AvgIpc) is 2.82. The zero-order valence-electron chi connectivity index (χ0n) is 12.4. The van der Waals surface area contributed by atoms with Crippen LogP contribution in [0.25, 0.3) is 6.08 Å². The van der Waals surface area contributed by atoms with E-state index in [0.29, 0.717) is 9.23 Å². The molecule has 1 aliphatic carbocycles. The molecule has 3 rings (SSSR count). The zero-order chi connectivity index (χ0) is 16.4. The molecule has 0 bridgehead atoms. The van der Waals surface area contributed by atoms with Gasteiger partial charge in [0.2, 0.25) is 0 Å². The maximum absolute atomic E-state index is 12.6. The summed E-state index contributed by atoms with van der Waals surface area (Å²) in [6.07, 6.45) is 7.29. The molecule has 5 nitrogen and oxygen atoms in total. The van der Waals surface area contributed by atoms with Gasteiger partial charge in [0.1, 0.15) is 4.32 Å². The Bertz CT molecular complexity index is 679. The monoisotopic (exact) mass is 348 g/mol. The summed E-state index contributed by atoms with van der Waals surface area (Å²) in [5.74, 6) is -0.0368. The van der Waals surface area contributed by atoms with Crippen molar-refractivity contribution in [3.8, 4) is 0 Å². The lowest BCUT2D eigenvalue weighted by Crippen LogP contribution is -2.39. The second kappa shape index (κ2) is 6.80. The van der Waals surface area contributed by atoms with Gasteiger partial charge in [-0.15, -0.1) is 0 Å². The molecule has 0 radical (unpaired) electrons. The summed E-state index contributed by atoms with van der Waals surface area (Å²) in [6.45, 7) is 0. The number of rotatable bonds is 3. The first-order valence-electron chi connectivity index (χ1n) is 7.58. The molecule has 1 aromatic rings. The molecule has 23 heavy (non-hydrogen) atoms. The Labute approximate surface area is 143 Å². The van der Waals surface area contributed by atoms with Gasteiger partial charge in [-0.05, 0) is 36.6 Å². The van der Waals surface area contributed by atoms with Crippen molar-refractivity contribution < 1.29 is 9.72 Å². The van der Waals surface area contributed by atoms with E-state index in [-0.39, 0.29) is 17.6 Å². The number of carbonyl (C=O) groups is 1. The highest BCUT2D eigenvalue weighted by molar-refractivity contribution is 8.26. The largest absolute Gasteiger partial charge is 0.290 e. The van der Waals surface area contributed by atoms with Crippen LogP contribution in [0, 0.1) is 10.1 Å². The van der Waals surface area contributed by atoms with Gasteiger partial charge in [0.25, 0.3) is 11.6 Å². The maximum atomic E-state index is 12.6. The van der Waals surface area contributed by atoms with Gasteiger partial charge in [-0.1, -0.05) is 43.2 Å². The third-order valence-electron chi connectivity index (χ3n) is 4.17. The molecular formula is C16H16N2O3S2. The van der Waals surface area contributed by atoms with Crippen molar-refractivity contribution >= 4 is 46.0 Å². The molecule has 2 fully saturated rings. The number of thioether (sulfide) groups is 1. The van der Waals surface area contributed by atoms with Crippen molar-refractivity contribution in [3.63, 3.8) is 0 Å². The van der Waals surface area contributed by atoms with E-state index in [4.69, 9.17) is 12.2 Å². The Morgan fingerprint density at radius 3 is 2.48 bits per heavy atom. The number of nitro groups is 1. The van der Waals surface area contributed by atoms with Gasteiger partial charge in [-0.2, -0.15) is 0 Å². The molecule has 0 spiro atoms. The van der Waals surface area contributed by atoms with E-state index in [9.17, 15) is 14.9 Å².